The zero-order chi connectivity index (χ0) is 21.6. The van der Waals surface area contributed by atoms with Gasteiger partial charge >= 0.3 is 5.97 Å². The molecule has 0 radical (unpaired) electrons. The highest BCUT2D eigenvalue weighted by Gasteiger charge is 2.22. The van der Waals surface area contributed by atoms with Crippen LogP contribution in [-0.2, 0) is 0 Å². The van der Waals surface area contributed by atoms with E-state index in [0.29, 0.717) is 21.9 Å². The van der Waals surface area contributed by atoms with Crippen LogP contribution in [0, 0.1) is 0 Å². The van der Waals surface area contributed by atoms with E-state index in [1.807, 2.05) is 58.0 Å². The van der Waals surface area contributed by atoms with Crippen LogP contribution in [-0.4, -0.2) is 21.3 Å². The number of carboxylic acids is 1. The lowest BCUT2D eigenvalue weighted by molar-refractivity contribution is 0.0694. The Kier molecular flexibility index (Phi) is 7.21. The van der Waals surface area contributed by atoms with Crippen LogP contribution in [0.2, 0.25) is 0 Å². The van der Waals surface area contributed by atoms with Crippen LogP contribution in [0.15, 0.2) is 66.7 Å². The molecule has 29 heavy (non-hydrogen) atoms. The van der Waals surface area contributed by atoms with E-state index in [2.05, 4.69) is 0 Å². The fourth-order valence-electron chi connectivity index (χ4n) is 3.28. The summed E-state index contributed by atoms with van der Waals surface area (Å²) in [4.78, 5) is 11.6. The van der Waals surface area contributed by atoms with Crippen LogP contribution < -0.4 is 0 Å². The zero-order valence-corrected chi connectivity index (χ0v) is 17.1. The molecule has 0 saturated heterocycles. The van der Waals surface area contributed by atoms with Crippen molar-refractivity contribution in [3.63, 3.8) is 0 Å². The first-order chi connectivity index (χ1) is 14.1. The van der Waals surface area contributed by atoms with Crippen molar-refractivity contribution in [1.82, 2.24) is 0 Å². The average molecular weight is 390 g/mol. The molecule has 150 valence electrons. The van der Waals surface area contributed by atoms with Gasteiger partial charge in [-0.1, -0.05) is 82.3 Å². The topological polar surface area (TPSA) is 77.8 Å². The van der Waals surface area contributed by atoms with Gasteiger partial charge in [0.2, 0.25) is 0 Å². The minimum Gasteiger partial charge on any atom is -0.507 e. The molecule has 4 aromatic rings. The van der Waals surface area contributed by atoms with Gasteiger partial charge in [-0.15, -0.1) is 0 Å². The van der Waals surface area contributed by atoms with E-state index in [9.17, 15) is 20.1 Å². The second-order valence-electron chi connectivity index (χ2n) is 5.85. The Labute approximate surface area is 170 Å². The highest BCUT2D eigenvalue weighted by atomic mass is 16.4. The highest BCUT2D eigenvalue weighted by molar-refractivity contribution is 6.12. The molecule has 0 unspecified atom stereocenters. The standard InChI is InChI=1S/C21H14O4.2C2H6/c22-17-10-9-12-5-1-3-7-14(12)18(17)19-15-8-4-2-6-13(15)11-16(20(19)23)21(24)25;2*1-2/h1-11,22-23H,(H,24,25);2*1-2H3. The maximum Gasteiger partial charge on any atom is 0.339 e. The van der Waals surface area contributed by atoms with Gasteiger partial charge in [0.1, 0.15) is 17.1 Å². The van der Waals surface area contributed by atoms with Gasteiger partial charge in [0, 0.05) is 11.1 Å². The summed E-state index contributed by atoms with van der Waals surface area (Å²) < 4.78 is 0. The molecule has 0 aliphatic carbocycles. The number of aromatic hydroxyl groups is 2. The number of hydrogen-bond donors (Lipinski definition) is 3. The average Bonchev–Trinajstić information content (AvgIpc) is 2.77. The molecular weight excluding hydrogens is 364 g/mol. The first-order valence-corrected chi connectivity index (χ1v) is 9.77. The lowest BCUT2D eigenvalue weighted by Crippen LogP contribution is -1.99. The van der Waals surface area contributed by atoms with Crippen molar-refractivity contribution in [2.45, 2.75) is 27.7 Å². The van der Waals surface area contributed by atoms with Crippen molar-refractivity contribution in [1.29, 1.82) is 0 Å². The Morgan fingerprint density at radius 1 is 0.690 bits per heavy atom. The van der Waals surface area contributed by atoms with Gasteiger partial charge in [-0.05, 0) is 33.7 Å². The number of hydrogen-bond acceptors (Lipinski definition) is 3. The van der Waals surface area contributed by atoms with Crippen LogP contribution in [0.3, 0.4) is 0 Å². The number of aromatic carboxylic acids is 1. The van der Waals surface area contributed by atoms with Gasteiger partial charge in [0.25, 0.3) is 0 Å². The minimum atomic E-state index is -1.22. The Bertz CT molecular complexity index is 1150. The number of phenolic OH excluding ortho intramolecular Hbond substituents is 1. The summed E-state index contributed by atoms with van der Waals surface area (Å²) in [6, 6.07) is 19.5. The molecule has 0 aromatic heterocycles. The highest BCUT2D eigenvalue weighted by Crippen LogP contribution is 2.45. The van der Waals surface area contributed by atoms with Gasteiger partial charge in [0.15, 0.2) is 0 Å². The quantitative estimate of drug-likeness (QED) is 0.351. The number of carbonyl (C=O) groups is 1. The lowest BCUT2D eigenvalue weighted by atomic mass is 9.90. The Morgan fingerprint density at radius 3 is 1.79 bits per heavy atom. The van der Waals surface area contributed by atoms with Gasteiger partial charge < -0.3 is 15.3 Å². The van der Waals surface area contributed by atoms with E-state index in [1.165, 1.54) is 6.07 Å². The van der Waals surface area contributed by atoms with Crippen molar-refractivity contribution in [3.8, 4) is 22.6 Å². The molecule has 4 heteroatoms. The second kappa shape index (κ2) is 9.60. The van der Waals surface area contributed by atoms with Crippen molar-refractivity contribution in [2.75, 3.05) is 0 Å². The number of benzene rings is 4. The third-order valence-electron chi connectivity index (χ3n) is 4.41. The predicted molar refractivity (Wildman–Crippen MR) is 120 cm³/mol. The summed E-state index contributed by atoms with van der Waals surface area (Å²) in [5.74, 6) is -1.58. The molecule has 4 nitrogen and oxygen atoms in total. The first kappa shape index (κ1) is 21.8. The summed E-state index contributed by atoms with van der Waals surface area (Å²) in [7, 11) is 0. The van der Waals surface area contributed by atoms with Crippen molar-refractivity contribution in [3.05, 3.63) is 72.3 Å². The third kappa shape index (κ3) is 4.02. The first-order valence-electron chi connectivity index (χ1n) is 9.77. The minimum absolute atomic E-state index is 0.0123. The van der Waals surface area contributed by atoms with Crippen LogP contribution in [0.1, 0.15) is 38.1 Å². The van der Waals surface area contributed by atoms with Gasteiger partial charge in [-0.3, -0.25) is 0 Å². The molecular formula is C25H26O4. The monoisotopic (exact) mass is 390 g/mol. The van der Waals surface area contributed by atoms with E-state index in [4.69, 9.17) is 0 Å². The van der Waals surface area contributed by atoms with E-state index < -0.39 is 5.97 Å². The van der Waals surface area contributed by atoms with E-state index in [0.717, 1.165) is 10.8 Å². The smallest absolute Gasteiger partial charge is 0.339 e. The molecule has 0 fully saturated rings. The summed E-state index contributed by atoms with van der Waals surface area (Å²) >= 11 is 0. The molecule has 0 spiro atoms. The molecule has 0 bridgehead atoms. The maximum atomic E-state index is 11.6. The molecule has 0 aliphatic rings. The molecule has 4 aromatic carbocycles. The number of carboxylic acid groups (broad SMARTS) is 1. The van der Waals surface area contributed by atoms with Crippen LogP contribution in [0.25, 0.3) is 32.7 Å². The summed E-state index contributed by atoms with van der Waals surface area (Å²) in [5, 5.41) is 33.7. The van der Waals surface area contributed by atoms with Gasteiger partial charge in [-0.2, -0.15) is 0 Å². The normalized spacial score (nSPS) is 9.93. The largest absolute Gasteiger partial charge is 0.507 e. The molecule has 0 saturated carbocycles. The summed E-state index contributed by atoms with van der Waals surface area (Å²) in [6.07, 6.45) is 0. The molecule has 0 aliphatic heterocycles. The van der Waals surface area contributed by atoms with E-state index >= 15 is 0 Å². The maximum absolute atomic E-state index is 11.6. The molecule has 3 N–H and O–H groups in total. The third-order valence-corrected chi connectivity index (χ3v) is 4.41. The SMILES string of the molecule is CC.CC.O=C(O)c1cc2ccccc2c(-c2c(O)ccc3ccccc23)c1O. The lowest BCUT2D eigenvalue weighted by Gasteiger charge is -2.15. The van der Waals surface area contributed by atoms with Crippen molar-refractivity contribution in [2.24, 2.45) is 0 Å². The predicted octanol–water partition coefficient (Wildman–Crippen LogP) is 6.82. The van der Waals surface area contributed by atoms with E-state index in [-0.39, 0.29) is 17.1 Å². The van der Waals surface area contributed by atoms with Crippen LogP contribution >= 0.6 is 0 Å². The van der Waals surface area contributed by atoms with Crippen LogP contribution in [0.4, 0.5) is 0 Å². The summed E-state index contributed by atoms with van der Waals surface area (Å²) in [5.41, 5.74) is 0.556. The fourth-order valence-corrected chi connectivity index (χ4v) is 3.28. The number of fused-ring (bicyclic) bond motifs is 2. The summed E-state index contributed by atoms with van der Waals surface area (Å²) in [6.45, 7) is 8.00. The van der Waals surface area contributed by atoms with Crippen molar-refractivity contribution < 1.29 is 20.1 Å². The van der Waals surface area contributed by atoms with Crippen molar-refractivity contribution >= 4 is 27.5 Å². The van der Waals surface area contributed by atoms with Gasteiger partial charge in [-0.25, -0.2) is 4.79 Å². The zero-order valence-electron chi connectivity index (χ0n) is 17.1. The number of rotatable bonds is 2. The molecule has 0 atom stereocenters. The van der Waals surface area contributed by atoms with E-state index in [1.54, 1.807) is 30.3 Å². The Morgan fingerprint density at radius 2 is 1.21 bits per heavy atom. The van der Waals surface area contributed by atoms with Crippen LogP contribution in [0.5, 0.6) is 11.5 Å². The number of phenols is 2. The molecule has 4 rings (SSSR count). The fraction of sp³-hybridized carbons (Fsp3) is 0.160. The Hall–Kier alpha value is -3.53. The molecule has 0 heterocycles. The Balaban J connectivity index is 0.000000707. The molecule has 0 amide bonds. The van der Waals surface area contributed by atoms with Gasteiger partial charge in [0.05, 0.1) is 0 Å². The second-order valence-corrected chi connectivity index (χ2v) is 5.85.